The summed E-state index contributed by atoms with van der Waals surface area (Å²) in [6, 6.07) is 4.15. The molecule has 0 saturated heterocycles. The van der Waals surface area contributed by atoms with Crippen molar-refractivity contribution in [3.05, 3.63) is 34.1 Å². The molecule has 0 aromatic heterocycles. The zero-order valence-corrected chi connectivity index (χ0v) is 11.8. The second kappa shape index (κ2) is 7.48. The third-order valence-corrected chi connectivity index (χ3v) is 3.60. The molecule has 0 spiro atoms. The Labute approximate surface area is 115 Å². The van der Waals surface area contributed by atoms with Crippen LogP contribution in [0.3, 0.4) is 0 Å². The van der Waals surface area contributed by atoms with Gasteiger partial charge in [0.15, 0.2) is 0 Å². The topological polar surface area (TPSA) is 49.3 Å². The van der Waals surface area contributed by atoms with Gasteiger partial charge in [-0.25, -0.2) is 4.39 Å². The Kier molecular flexibility index (Phi) is 6.29. The van der Waals surface area contributed by atoms with E-state index in [0.29, 0.717) is 17.4 Å². The predicted molar refractivity (Wildman–Crippen MR) is 71.9 cm³/mol. The van der Waals surface area contributed by atoms with Gasteiger partial charge >= 0.3 is 5.97 Å². The van der Waals surface area contributed by atoms with Crippen molar-refractivity contribution in [3.63, 3.8) is 0 Å². The van der Waals surface area contributed by atoms with Crippen LogP contribution in [0.25, 0.3) is 0 Å². The number of carboxylic acids is 1. The molecule has 1 atom stereocenters. The fraction of sp³-hybridized carbons (Fsp3) is 0.462. The molecule has 0 aliphatic carbocycles. The number of rotatable bonds is 7. The average Bonchev–Trinajstić information content (AvgIpc) is 2.33. The molecule has 18 heavy (non-hydrogen) atoms. The molecule has 0 aliphatic rings. The Hall–Kier alpha value is -0.940. The zero-order chi connectivity index (χ0) is 13.5. The van der Waals surface area contributed by atoms with Gasteiger partial charge in [0.05, 0.1) is 4.47 Å². The Morgan fingerprint density at radius 1 is 1.56 bits per heavy atom. The lowest BCUT2D eigenvalue weighted by atomic mass is 10.1. The van der Waals surface area contributed by atoms with Gasteiger partial charge in [0.25, 0.3) is 0 Å². The van der Waals surface area contributed by atoms with Crippen molar-refractivity contribution in [3.8, 4) is 0 Å². The number of benzene rings is 1. The molecule has 100 valence electrons. The number of unbranched alkanes of at least 4 members (excludes halogenated alkanes) is 1. The monoisotopic (exact) mass is 317 g/mol. The Balaban J connectivity index is 2.61. The van der Waals surface area contributed by atoms with E-state index in [9.17, 15) is 9.18 Å². The summed E-state index contributed by atoms with van der Waals surface area (Å²) in [7, 11) is 0. The van der Waals surface area contributed by atoms with Crippen LogP contribution in [-0.2, 0) is 11.3 Å². The van der Waals surface area contributed by atoms with Crippen LogP contribution in [0.4, 0.5) is 4.39 Å². The minimum atomic E-state index is -0.865. The molecule has 0 saturated carbocycles. The molecule has 0 bridgehead atoms. The average molecular weight is 318 g/mol. The maximum absolute atomic E-state index is 13.3. The smallest absolute Gasteiger partial charge is 0.320 e. The molecule has 3 nitrogen and oxygen atoms in total. The summed E-state index contributed by atoms with van der Waals surface area (Å²) in [6.45, 7) is 2.35. The highest BCUT2D eigenvalue weighted by Crippen LogP contribution is 2.20. The van der Waals surface area contributed by atoms with E-state index in [0.717, 1.165) is 18.4 Å². The van der Waals surface area contributed by atoms with E-state index in [-0.39, 0.29) is 5.82 Å². The Morgan fingerprint density at radius 2 is 2.28 bits per heavy atom. The van der Waals surface area contributed by atoms with Gasteiger partial charge in [-0.2, -0.15) is 0 Å². The van der Waals surface area contributed by atoms with Crippen LogP contribution in [-0.4, -0.2) is 17.1 Å². The summed E-state index contributed by atoms with van der Waals surface area (Å²) in [6.07, 6.45) is 2.39. The number of hydrogen-bond acceptors (Lipinski definition) is 2. The van der Waals surface area contributed by atoms with Crippen LogP contribution in [0.2, 0.25) is 0 Å². The molecule has 1 aromatic carbocycles. The number of hydrogen-bond donors (Lipinski definition) is 2. The van der Waals surface area contributed by atoms with Crippen molar-refractivity contribution in [2.45, 2.75) is 38.8 Å². The Morgan fingerprint density at radius 3 is 2.89 bits per heavy atom. The fourth-order valence-electron chi connectivity index (χ4n) is 1.64. The largest absolute Gasteiger partial charge is 0.480 e. The maximum Gasteiger partial charge on any atom is 0.320 e. The van der Waals surface area contributed by atoms with Crippen molar-refractivity contribution >= 4 is 21.9 Å². The molecule has 0 unspecified atom stereocenters. The van der Waals surface area contributed by atoms with Gasteiger partial charge in [-0.15, -0.1) is 0 Å². The first-order valence-electron chi connectivity index (χ1n) is 5.95. The highest BCUT2D eigenvalue weighted by atomic mass is 79.9. The van der Waals surface area contributed by atoms with E-state index >= 15 is 0 Å². The molecule has 0 fully saturated rings. The van der Waals surface area contributed by atoms with Gasteiger partial charge in [-0.3, -0.25) is 4.79 Å². The van der Waals surface area contributed by atoms with Crippen molar-refractivity contribution in [2.24, 2.45) is 0 Å². The predicted octanol–water partition coefficient (Wildman–Crippen LogP) is 3.32. The maximum atomic E-state index is 13.3. The number of aliphatic carboxylic acids is 1. The van der Waals surface area contributed by atoms with Crippen LogP contribution in [0.5, 0.6) is 0 Å². The molecule has 2 N–H and O–H groups in total. The first kappa shape index (κ1) is 15.1. The molecule has 1 aromatic rings. The summed E-state index contributed by atoms with van der Waals surface area (Å²) < 4.78 is 13.7. The molecule has 0 aliphatic heterocycles. The first-order chi connectivity index (χ1) is 8.56. The Bertz CT molecular complexity index is 412. The van der Waals surface area contributed by atoms with Crippen LogP contribution in [0.15, 0.2) is 22.7 Å². The van der Waals surface area contributed by atoms with Crippen molar-refractivity contribution in [2.75, 3.05) is 0 Å². The molecular formula is C13H17BrFNO2. The highest BCUT2D eigenvalue weighted by Gasteiger charge is 2.16. The number of carbonyl (C=O) groups is 1. The van der Waals surface area contributed by atoms with E-state index in [4.69, 9.17) is 5.11 Å². The lowest BCUT2D eigenvalue weighted by Gasteiger charge is -2.14. The highest BCUT2D eigenvalue weighted by molar-refractivity contribution is 9.10. The fourth-order valence-corrected chi connectivity index (χ4v) is 2.04. The molecule has 0 amide bonds. The van der Waals surface area contributed by atoms with Crippen LogP contribution >= 0.6 is 15.9 Å². The summed E-state index contributed by atoms with van der Waals surface area (Å²) in [5.74, 6) is -1.20. The number of carboxylic acid groups (broad SMARTS) is 1. The summed E-state index contributed by atoms with van der Waals surface area (Å²) in [5.41, 5.74) is 0.720. The van der Waals surface area contributed by atoms with Crippen LogP contribution in [0, 0.1) is 5.82 Å². The molecule has 5 heteroatoms. The van der Waals surface area contributed by atoms with Crippen molar-refractivity contribution in [1.82, 2.24) is 5.32 Å². The summed E-state index contributed by atoms with van der Waals surface area (Å²) in [5, 5.41) is 12.0. The van der Waals surface area contributed by atoms with Crippen LogP contribution < -0.4 is 5.32 Å². The third-order valence-electron chi connectivity index (χ3n) is 2.71. The van der Waals surface area contributed by atoms with Crippen molar-refractivity contribution < 1.29 is 14.3 Å². The number of nitrogens with one attached hydrogen (secondary N) is 1. The van der Waals surface area contributed by atoms with E-state index in [1.54, 1.807) is 12.1 Å². The minimum absolute atomic E-state index is 0.332. The molecule has 0 heterocycles. The van der Waals surface area contributed by atoms with Crippen molar-refractivity contribution in [1.29, 1.82) is 0 Å². The lowest BCUT2D eigenvalue weighted by molar-refractivity contribution is -0.139. The van der Waals surface area contributed by atoms with E-state index < -0.39 is 12.0 Å². The lowest BCUT2D eigenvalue weighted by Crippen LogP contribution is -2.36. The van der Waals surface area contributed by atoms with Crippen LogP contribution in [0.1, 0.15) is 31.7 Å². The third kappa shape index (κ3) is 4.38. The van der Waals surface area contributed by atoms with Gasteiger partial charge in [-0.1, -0.05) is 31.9 Å². The van der Waals surface area contributed by atoms with Gasteiger partial charge in [0.2, 0.25) is 0 Å². The zero-order valence-electron chi connectivity index (χ0n) is 10.2. The second-order valence-corrected chi connectivity index (χ2v) is 4.92. The first-order valence-corrected chi connectivity index (χ1v) is 6.74. The minimum Gasteiger partial charge on any atom is -0.480 e. The van der Waals surface area contributed by atoms with E-state index in [1.807, 2.05) is 6.92 Å². The quantitative estimate of drug-likeness (QED) is 0.811. The molecule has 0 radical (unpaired) electrons. The molecular weight excluding hydrogens is 301 g/mol. The van der Waals surface area contributed by atoms with E-state index in [1.165, 1.54) is 6.07 Å². The van der Waals surface area contributed by atoms with E-state index in [2.05, 4.69) is 21.2 Å². The second-order valence-electron chi connectivity index (χ2n) is 4.13. The summed E-state index contributed by atoms with van der Waals surface area (Å²) >= 11 is 3.16. The SMILES string of the molecule is CCCC[C@H](NCc1cccc(F)c1Br)C(=O)O. The normalized spacial score (nSPS) is 12.4. The van der Waals surface area contributed by atoms with Gasteiger partial charge in [0, 0.05) is 6.54 Å². The standard InChI is InChI=1S/C13H17BrFNO2/c1-2-3-7-11(13(17)18)16-8-9-5-4-6-10(15)12(9)14/h4-6,11,16H,2-3,7-8H2,1H3,(H,17,18)/t11-/m0/s1. The number of halogens is 2. The molecule has 1 rings (SSSR count). The van der Waals surface area contributed by atoms with Gasteiger partial charge in [-0.05, 0) is 34.0 Å². The van der Waals surface area contributed by atoms with Gasteiger partial charge < -0.3 is 10.4 Å². The summed E-state index contributed by atoms with van der Waals surface area (Å²) in [4.78, 5) is 11.0. The van der Waals surface area contributed by atoms with Gasteiger partial charge in [0.1, 0.15) is 11.9 Å².